The van der Waals surface area contributed by atoms with Crippen LogP contribution in [-0.2, 0) is 27.2 Å². The molecule has 2 aromatic heterocycles. The van der Waals surface area contributed by atoms with E-state index < -0.39 is 5.97 Å². The average Bonchev–Trinajstić information content (AvgIpc) is 3.59. The molecular formula is C24H28N4O4S2. The van der Waals surface area contributed by atoms with Crippen molar-refractivity contribution in [2.24, 2.45) is 0 Å². The van der Waals surface area contributed by atoms with Gasteiger partial charge in [0.2, 0.25) is 5.91 Å². The summed E-state index contributed by atoms with van der Waals surface area (Å²) >= 11 is 2.64. The normalized spacial score (nSPS) is 15.4. The van der Waals surface area contributed by atoms with Crippen molar-refractivity contribution < 1.29 is 19.1 Å². The molecule has 0 radical (unpaired) electrons. The number of nitrogens with one attached hydrogen (secondary N) is 1. The van der Waals surface area contributed by atoms with E-state index in [-0.39, 0.29) is 17.8 Å². The van der Waals surface area contributed by atoms with Crippen LogP contribution in [0.4, 0.5) is 5.00 Å². The van der Waals surface area contributed by atoms with Crippen LogP contribution in [-0.4, -0.2) is 52.2 Å². The molecule has 8 nitrogen and oxygen atoms in total. The van der Waals surface area contributed by atoms with E-state index in [0.717, 1.165) is 48.4 Å². The Balaban J connectivity index is 1.47. The van der Waals surface area contributed by atoms with Crippen LogP contribution in [0.1, 0.15) is 41.5 Å². The van der Waals surface area contributed by atoms with Gasteiger partial charge in [-0.3, -0.25) is 4.79 Å². The third kappa shape index (κ3) is 5.51. The number of aryl methyl sites for hydroxylation is 2. The standard InChI is InChI=1S/C24H28N4O4S2/c1-4-19-26-27-24(28(19)12-17-6-5-11-32-17)34-14-20(29)25-22-21(23(30)31-3)18(13-33-22)16-9-7-15(2)8-10-16/h7-10,13,17H,4-6,11-12,14H2,1-3H3,(H,25,29). The van der Waals surface area contributed by atoms with E-state index in [1.807, 2.05) is 43.5 Å². The van der Waals surface area contributed by atoms with Crippen molar-refractivity contribution in [1.29, 1.82) is 0 Å². The molecule has 3 aromatic rings. The van der Waals surface area contributed by atoms with Crippen LogP contribution in [0.15, 0.2) is 34.8 Å². The van der Waals surface area contributed by atoms with E-state index in [2.05, 4.69) is 20.1 Å². The Hall–Kier alpha value is -2.69. The van der Waals surface area contributed by atoms with Crippen LogP contribution in [0.2, 0.25) is 0 Å². The Morgan fingerprint density at radius 1 is 1.29 bits per heavy atom. The third-order valence-electron chi connectivity index (χ3n) is 5.65. The molecule has 10 heteroatoms. The van der Waals surface area contributed by atoms with E-state index in [0.29, 0.717) is 22.3 Å². The second kappa shape index (κ2) is 11.2. The molecule has 0 spiro atoms. The minimum atomic E-state index is -0.483. The molecule has 1 atom stereocenters. The van der Waals surface area contributed by atoms with Gasteiger partial charge in [0.1, 0.15) is 16.4 Å². The molecule has 0 saturated carbocycles. The van der Waals surface area contributed by atoms with Gasteiger partial charge in [-0.25, -0.2) is 4.79 Å². The van der Waals surface area contributed by atoms with Crippen molar-refractivity contribution in [3.8, 4) is 11.1 Å². The number of anilines is 1. The number of carbonyl (C=O) groups is 2. The number of aromatic nitrogens is 3. The number of esters is 1. The Kier molecular flexibility index (Phi) is 8.02. The highest BCUT2D eigenvalue weighted by Crippen LogP contribution is 2.36. The predicted molar refractivity (Wildman–Crippen MR) is 134 cm³/mol. The Morgan fingerprint density at radius 3 is 2.76 bits per heavy atom. The van der Waals surface area contributed by atoms with Crippen LogP contribution in [0.3, 0.4) is 0 Å². The quantitative estimate of drug-likeness (QED) is 0.340. The molecule has 0 aliphatic carbocycles. The number of benzene rings is 1. The fourth-order valence-corrected chi connectivity index (χ4v) is 5.60. The van der Waals surface area contributed by atoms with E-state index in [9.17, 15) is 9.59 Å². The van der Waals surface area contributed by atoms with Gasteiger partial charge >= 0.3 is 5.97 Å². The molecule has 1 N–H and O–H groups in total. The van der Waals surface area contributed by atoms with Crippen molar-refractivity contribution in [3.05, 3.63) is 46.6 Å². The Labute approximate surface area is 207 Å². The van der Waals surface area contributed by atoms with Crippen molar-refractivity contribution >= 4 is 40.0 Å². The van der Waals surface area contributed by atoms with Gasteiger partial charge in [-0.05, 0) is 25.3 Å². The topological polar surface area (TPSA) is 95.3 Å². The van der Waals surface area contributed by atoms with E-state index in [1.54, 1.807) is 0 Å². The number of ether oxygens (including phenoxy) is 2. The van der Waals surface area contributed by atoms with Gasteiger partial charge < -0.3 is 19.4 Å². The number of carbonyl (C=O) groups excluding carboxylic acids is 2. The lowest BCUT2D eigenvalue weighted by Crippen LogP contribution is -2.19. The summed E-state index contributed by atoms with van der Waals surface area (Å²) in [5, 5.41) is 14.5. The first-order valence-corrected chi connectivity index (χ1v) is 13.1. The summed E-state index contributed by atoms with van der Waals surface area (Å²) in [5.41, 5.74) is 3.13. The van der Waals surface area contributed by atoms with Crippen LogP contribution in [0.25, 0.3) is 11.1 Å². The molecule has 3 heterocycles. The van der Waals surface area contributed by atoms with Gasteiger partial charge in [0.25, 0.3) is 0 Å². The summed E-state index contributed by atoms with van der Waals surface area (Å²) in [6.07, 6.45) is 2.99. The maximum absolute atomic E-state index is 12.8. The molecular weight excluding hydrogens is 472 g/mol. The SMILES string of the molecule is CCc1nnc(SCC(=O)Nc2scc(-c3ccc(C)cc3)c2C(=O)OC)n1CC1CCCO1. The zero-order valence-electron chi connectivity index (χ0n) is 19.5. The third-order valence-corrected chi connectivity index (χ3v) is 7.51. The molecule has 1 aliphatic heterocycles. The summed E-state index contributed by atoms with van der Waals surface area (Å²) < 4.78 is 12.8. The maximum atomic E-state index is 12.8. The lowest BCUT2D eigenvalue weighted by atomic mass is 10.0. The van der Waals surface area contributed by atoms with E-state index in [1.165, 1.54) is 30.2 Å². The van der Waals surface area contributed by atoms with Crippen molar-refractivity contribution in [1.82, 2.24) is 14.8 Å². The first-order chi connectivity index (χ1) is 16.5. The predicted octanol–water partition coefficient (Wildman–Crippen LogP) is 4.57. The van der Waals surface area contributed by atoms with Crippen molar-refractivity contribution in [2.75, 3.05) is 24.8 Å². The van der Waals surface area contributed by atoms with E-state index >= 15 is 0 Å². The lowest BCUT2D eigenvalue weighted by Gasteiger charge is -2.14. The molecule has 1 aromatic carbocycles. The summed E-state index contributed by atoms with van der Waals surface area (Å²) in [4.78, 5) is 25.4. The van der Waals surface area contributed by atoms with Gasteiger partial charge in [-0.2, -0.15) is 0 Å². The Bertz CT molecular complexity index is 1150. The number of amides is 1. The molecule has 34 heavy (non-hydrogen) atoms. The number of rotatable bonds is 9. The van der Waals surface area contributed by atoms with E-state index in [4.69, 9.17) is 9.47 Å². The molecule has 1 fully saturated rings. The second-order valence-corrected chi connectivity index (χ2v) is 9.87. The smallest absolute Gasteiger partial charge is 0.341 e. The van der Waals surface area contributed by atoms with Crippen molar-refractivity contribution in [2.45, 2.75) is 50.9 Å². The number of nitrogens with zero attached hydrogens (tertiary/aromatic N) is 3. The second-order valence-electron chi connectivity index (χ2n) is 8.05. The van der Waals surface area contributed by atoms with Gasteiger partial charge in [0.15, 0.2) is 5.16 Å². The minimum absolute atomic E-state index is 0.145. The average molecular weight is 501 g/mol. The van der Waals surface area contributed by atoms with Gasteiger partial charge in [-0.15, -0.1) is 21.5 Å². The fraction of sp³-hybridized carbons (Fsp3) is 0.417. The molecule has 1 saturated heterocycles. The van der Waals surface area contributed by atoms with Gasteiger partial charge in [0.05, 0.1) is 25.5 Å². The Morgan fingerprint density at radius 2 is 2.09 bits per heavy atom. The lowest BCUT2D eigenvalue weighted by molar-refractivity contribution is -0.113. The minimum Gasteiger partial charge on any atom is -0.465 e. The van der Waals surface area contributed by atoms with Crippen LogP contribution in [0.5, 0.6) is 0 Å². The largest absolute Gasteiger partial charge is 0.465 e. The summed E-state index contributed by atoms with van der Waals surface area (Å²) in [5.74, 6) is 0.319. The number of methoxy groups -OCH3 is 1. The zero-order valence-corrected chi connectivity index (χ0v) is 21.1. The monoisotopic (exact) mass is 500 g/mol. The van der Waals surface area contributed by atoms with Crippen LogP contribution < -0.4 is 5.32 Å². The highest BCUT2D eigenvalue weighted by atomic mass is 32.2. The summed E-state index contributed by atoms with van der Waals surface area (Å²) in [7, 11) is 1.34. The molecule has 1 aliphatic rings. The van der Waals surface area contributed by atoms with Crippen LogP contribution >= 0.6 is 23.1 Å². The molecule has 180 valence electrons. The maximum Gasteiger partial charge on any atom is 0.341 e. The number of hydrogen-bond donors (Lipinski definition) is 1. The van der Waals surface area contributed by atoms with Crippen molar-refractivity contribution in [3.63, 3.8) is 0 Å². The summed E-state index contributed by atoms with van der Waals surface area (Å²) in [6, 6.07) is 7.88. The molecule has 0 bridgehead atoms. The number of thiophene rings is 1. The van der Waals surface area contributed by atoms with Crippen LogP contribution in [0, 0.1) is 6.92 Å². The molecule has 4 rings (SSSR count). The highest BCUT2D eigenvalue weighted by molar-refractivity contribution is 7.99. The zero-order chi connectivity index (χ0) is 24.1. The summed E-state index contributed by atoms with van der Waals surface area (Å²) in [6.45, 7) is 5.52. The number of hydrogen-bond acceptors (Lipinski definition) is 8. The van der Waals surface area contributed by atoms with Gasteiger partial charge in [-0.1, -0.05) is 48.5 Å². The number of thioether (sulfide) groups is 1. The fourth-order valence-electron chi connectivity index (χ4n) is 3.86. The molecule has 1 unspecified atom stereocenters. The molecule has 1 amide bonds. The first kappa shape index (κ1) is 24.4. The van der Waals surface area contributed by atoms with Gasteiger partial charge in [0, 0.05) is 24.0 Å². The first-order valence-electron chi connectivity index (χ1n) is 11.2. The highest BCUT2D eigenvalue weighted by Gasteiger charge is 2.24.